The molecule has 12 heteroatoms. The van der Waals surface area contributed by atoms with Gasteiger partial charge in [0.25, 0.3) is 10.1 Å². The van der Waals surface area contributed by atoms with Crippen molar-refractivity contribution in [3.05, 3.63) is 29.8 Å². The Morgan fingerprint density at radius 3 is 1.82 bits per heavy atom. The molecule has 0 amide bonds. The number of hydrogen-bond donors (Lipinski definition) is 0. The highest BCUT2D eigenvalue weighted by Crippen LogP contribution is 2.23. The first kappa shape index (κ1) is 21.3. The Labute approximate surface area is 134 Å². The molecule has 0 saturated heterocycles. The Bertz CT molecular complexity index is 668. The Morgan fingerprint density at radius 2 is 1.55 bits per heavy atom. The van der Waals surface area contributed by atoms with Gasteiger partial charge in [-0.1, -0.05) is 33.6 Å². The number of hydrogen-bond acceptors (Lipinski definition) is 6. The molecule has 0 radical (unpaired) electrons. The molecule has 1 aromatic carbocycles. The molecule has 0 saturated carbocycles. The molecule has 1 rings (SSSR count). The molecular weight excluding hydrogens is 417 g/mol. The van der Waals surface area contributed by atoms with Crippen LogP contribution in [0.3, 0.4) is 0 Å². The minimum absolute atomic E-state index is 0.0246. The molecule has 0 spiro atoms. The van der Waals surface area contributed by atoms with Crippen molar-refractivity contribution < 1.29 is 38.4 Å². The number of halogens is 4. The predicted molar refractivity (Wildman–Crippen MR) is 75.2 cm³/mol. The van der Waals surface area contributed by atoms with Gasteiger partial charge in [0.1, 0.15) is 5.52 Å². The minimum atomic E-state index is -5.34. The van der Waals surface area contributed by atoms with Crippen LogP contribution in [0, 0.1) is 6.92 Å². The van der Waals surface area contributed by atoms with Crippen LogP contribution in [0.15, 0.2) is 29.2 Å². The van der Waals surface area contributed by atoms with Gasteiger partial charge in [0.15, 0.2) is 0 Å². The van der Waals surface area contributed by atoms with E-state index in [1.54, 1.807) is 12.1 Å². The molecule has 0 bridgehead atoms. The van der Waals surface area contributed by atoms with Gasteiger partial charge in [-0.25, -0.2) is 0 Å². The zero-order valence-electron chi connectivity index (χ0n) is 11.3. The van der Waals surface area contributed by atoms with Crippen LogP contribution in [0.2, 0.25) is 0 Å². The molecule has 0 heterocycles. The van der Waals surface area contributed by atoms with Gasteiger partial charge in [-0.05, 0) is 19.1 Å². The molecule has 0 aliphatic rings. The van der Waals surface area contributed by atoms with Crippen LogP contribution in [0.25, 0.3) is 0 Å². The molecule has 0 unspecified atom stereocenters. The first-order chi connectivity index (χ1) is 9.87. The second-order valence-corrected chi connectivity index (χ2v) is 7.34. The summed E-state index contributed by atoms with van der Waals surface area (Å²) >= 11 is 2.90. The second kappa shape index (κ2) is 8.24. The van der Waals surface area contributed by atoms with Crippen molar-refractivity contribution in [3.8, 4) is 0 Å². The molecule has 6 nitrogen and oxygen atoms in total. The van der Waals surface area contributed by atoms with Crippen molar-refractivity contribution in [2.45, 2.75) is 17.3 Å². The Balaban J connectivity index is 0.000000433. The lowest BCUT2D eigenvalue weighted by atomic mass is 10.2. The number of aryl methyl sites for hydroxylation is 1. The molecule has 22 heavy (non-hydrogen) atoms. The topological polar surface area (TPSA) is 86.7 Å². The van der Waals surface area contributed by atoms with Gasteiger partial charge in [-0.15, -0.1) is 0 Å². The average Bonchev–Trinajstić information content (AvgIpc) is 2.38. The fourth-order valence-electron chi connectivity index (χ4n) is 0.926. The normalized spacial score (nSPS) is 12.5. The van der Waals surface area contributed by atoms with Gasteiger partial charge >= 0.3 is 15.6 Å². The van der Waals surface area contributed by atoms with E-state index in [1.807, 2.05) is 6.92 Å². The zero-order chi connectivity index (χ0) is 17.6. The molecule has 0 N–H and O–H groups in total. The summed E-state index contributed by atoms with van der Waals surface area (Å²) in [6.07, 6.45) is 0. The summed E-state index contributed by atoms with van der Waals surface area (Å²) in [6, 6.07) is 6.50. The van der Waals surface area contributed by atoms with Gasteiger partial charge in [0.2, 0.25) is 0 Å². The maximum absolute atomic E-state index is 11.3. The van der Waals surface area contributed by atoms with E-state index in [0.717, 1.165) is 5.56 Å². The van der Waals surface area contributed by atoms with Crippen molar-refractivity contribution in [1.29, 1.82) is 0 Å². The third-order valence-corrected chi connectivity index (χ3v) is 4.83. The van der Waals surface area contributed by atoms with E-state index in [9.17, 15) is 30.0 Å². The van der Waals surface area contributed by atoms with Crippen LogP contribution in [0.5, 0.6) is 0 Å². The zero-order valence-corrected chi connectivity index (χ0v) is 14.5. The minimum Gasteiger partial charge on any atom is -0.267 e. The van der Waals surface area contributed by atoms with E-state index in [-0.39, 0.29) is 10.4 Å². The van der Waals surface area contributed by atoms with E-state index in [2.05, 4.69) is 24.3 Å². The second-order valence-electron chi connectivity index (χ2n) is 3.56. The lowest BCUT2D eigenvalue weighted by molar-refractivity contribution is -0.0526. The van der Waals surface area contributed by atoms with Crippen LogP contribution in [0.1, 0.15) is 5.56 Å². The van der Waals surface area contributed by atoms with Crippen molar-refractivity contribution in [1.82, 2.24) is 0 Å². The number of rotatable bonds is 4. The third-order valence-electron chi connectivity index (χ3n) is 2.01. The van der Waals surface area contributed by atoms with Gasteiger partial charge in [-0.3, -0.25) is 8.37 Å². The van der Waals surface area contributed by atoms with Crippen molar-refractivity contribution >= 4 is 36.2 Å². The summed E-state index contributed by atoms with van der Waals surface area (Å²) in [5.41, 5.74) is -4.32. The van der Waals surface area contributed by atoms with Gasteiger partial charge in [0, 0.05) is 0 Å². The summed E-state index contributed by atoms with van der Waals surface area (Å²) in [6.45, 7) is 1.89. The van der Waals surface area contributed by atoms with Crippen LogP contribution in [-0.2, 0) is 28.6 Å². The van der Waals surface area contributed by atoms with E-state index in [4.69, 9.17) is 0 Å². The Hall–Kier alpha value is -0.690. The highest BCUT2D eigenvalue weighted by Gasteiger charge is 2.46. The van der Waals surface area contributed by atoms with E-state index in [0.29, 0.717) is 7.11 Å². The molecule has 0 fully saturated rings. The molecular formula is C10H12BrF3O6S2. The van der Waals surface area contributed by atoms with Crippen LogP contribution < -0.4 is 0 Å². The summed E-state index contributed by atoms with van der Waals surface area (Å²) in [5, 5.41) is 0. The first-order valence-electron chi connectivity index (χ1n) is 5.26. The van der Waals surface area contributed by atoms with E-state index < -0.39 is 25.7 Å². The lowest BCUT2D eigenvalue weighted by Crippen LogP contribution is -2.23. The fourth-order valence-corrected chi connectivity index (χ4v) is 2.58. The number of benzene rings is 1. The fraction of sp³-hybridized carbons (Fsp3) is 0.400. The smallest absolute Gasteiger partial charge is 0.267 e. The summed E-state index contributed by atoms with van der Waals surface area (Å²) in [5.74, 6) is 0. The SMILES string of the molecule is COS(=O)(=O)C(F)(F)F.Cc1ccc(S(=O)(=O)OCBr)cc1. The van der Waals surface area contributed by atoms with Crippen molar-refractivity contribution in [3.63, 3.8) is 0 Å². The lowest BCUT2D eigenvalue weighted by Gasteiger charge is -2.02. The van der Waals surface area contributed by atoms with E-state index >= 15 is 0 Å². The molecule has 0 atom stereocenters. The molecule has 128 valence electrons. The average molecular weight is 429 g/mol. The monoisotopic (exact) mass is 428 g/mol. The van der Waals surface area contributed by atoms with Crippen LogP contribution in [-0.4, -0.2) is 35.0 Å². The molecule has 0 aromatic heterocycles. The molecule has 1 aromatic rings. The highest BCUT2D eigenvalue weighted by molar-refractivity contribution is 9.09. The van der Waals surface area contributed by atoms with Gasteiger partial charge < -0.3 is 0 Å². The quantitative estimate of drug-likeness (QED) is 0.416. The molecule has 0 aliphatic carbocycles. The first-order valence-corrected chi connectivity index (χ1v) is 9.20. The van der Waals surface area contributed by atoms with Crippen molar-refractivity contribution in [2.75, 3.05) is 12.6 Å². The maximum atomic E-state index is 11.3. The summed E-state index contributed by atoms with van der Waals surface area (Å²) in [7, 11) is -8.46. The van der Waals surface area contributed by atoms with Crippen LogP contribution in [0.4, 0.5) is 13.2 Å². The van der Waals surface area contributed by atoms with Crippen molar-refractivity contribution in [2.24, 2.45) is 0 Å². The predicted octanol–water partition coefficient (Wildman–Crippen LogP) is 2.54. The molecule has 0 aliphatic heterocycles. The largest absolute Gasteiger partial charge is 0.523 e. The maximum Gasteiger partial charge on any atom is 0.523 e. The Kier molecular flexibility index (Phi) is 7.98. The summed E-state index contributed by atoms with van der Waals surface area (Å²) in [4.78, 5) is 0.178. The van der Waals surface area contributed by atoms with Gasteiger partial charge in [0.05, 0.1) is 12.0 Å². The highest BCUT2D eigenvalue weighted by atomic mass is 79.9. The summed E-state index contributed by atoms with van der Waals surface area (Å²) < 4.78 is 83.0. The van der Waals surface area contributed by atoms with Gasteiger partial charge in [-0.2, -0.15) is 30.0 Å². The van der Waals surface area contributed by atoms with Crippen LogP contribution >= 0.6 is 15.9 Å². The third kappa shape index (κ3) is 6.60. The standard InChI is InChI=1S/C8H9BrO3S.C2H3F3O3S/c1-7-2-4-8(5-3-7)13(10,11)12-6-9;1-8-9(6,7)2(3,4)5/h2-5H,6H2,1H3;1H3. The van der Waals surface area contributed by atoms with E-state index in [1.165, 1.54) is 12.1 Å². The number of alkyl halides is 4. The Morgan fingerprint density at radius 1 is 1.09 bits per heavy atom.